The minimum absolute atomic E-state index is 0. The van der Waals surface area contributed by atoms with Crippen molar-refractivity contribution in [1.29, 1.82) is 0 Å². The molecule has 6 rings (SSSR count). The minimum atomic E-state index is -2.18. The van der Waals surface area contributed by atoms with Crippen molar-refractivity contribution in [1.82, 2.24) is 0 Å². The molecule has 6 aliphatic rings. The zero-order valence-corrected chi connectivity index (χ0v) is 57.0. The molecule has 6 fully saturated rings. The molecule has 0 amide bonds. The van der Waals surface area contributed by atoms with Crippen LogP contribution in [0.5, 0.6) is 0 Å². The van der Waals surface area contributed by atoms with E-state index in [1.165, 1.54) is 0 Å². The summed E-state index contributed by atoms with van der Waals surface area (Å²) in [6, 6.07) is 0. The third-order valence-electron chi connectivity index (χ3n) is 2.00. The third kappa shape index (κ3) is 318. The molecule has 6 saturated heterocycles. The van der Waals surface area contributed by atoms with Gasteiger partial charge in [-0.1, -0.05) is 0 Å². The minimum Gasteiger partial charge on any atom is 0 e. The zero-order valence-electron chi connectivity index (χ0n) is 40.6. The van der Waals surface area contributed by atoms with E-state index >= 15 is 0 Å². The van der Waals surface area contributed by atoms with E-state index in [1.54, 1.807) is 0 Å². The van der Waals surface area contributed by atoms with Crippen LogP contribution in [0, 0.1) is 213 Å². The van der Waals surface area contributed by atoms with E-state index in [9.17, 15) is 0 Å². The van der Waals surface area contributed by atoms with E-state index in [0.717, 1.165) is 0 Å². The van der Waals surface area contributed by atoms with Crippen molar-refractivity contribution in [2.45, 2.75) is 0 Å². The molecule has 0 aliphatic carbocycles. The van der Waals surface area contributed by atoms with Gasteiger partial charge in [0, 0.05) is 134 Å². The number of hydrogen-bond donors (Lipinski definition) is 0. The van der Waals surface area contributed by atoms with Gasteiger partial charge in [0.2, 0.25) is 0 Å². The van der Waals surface area contributed by atoms with Gasteiger partial charge in [0.25, 0.3) is 0 Å². The summed E-state index contributed by atoms with van der Waals surface area (Å²) in [5.41, 5.74) is 0. The molecule has 0 aromatic rings. The molecule has 0 atom stereocenters. The van der Waals surface area contributed by atoms with E-state index in [4.69, 9.17) is 198 Å². The van der Waals surface area contributed by atoms with Gasteiger partial charge < -0.3 is 49.4 Å². The fourth-order valence-corrected chi connectivity index (χ4v) is 20.8. The Kier molecular flexibility index (Phi) is 1630. The number of rotatable bonds is 0. The van der Waals surface area contributed by atoms with E-state index in [-0.39, 0.29) is 134 Å². The first-order valence-corrected chi connectivity index (χ1v) is 21.2. The Labute approximate surface area is 616 Å². The van der Waals surface area contributed by atoms with Crippen LogP contribution in [0.1, 0.15) is 0 Å². The molecule has 0 unspecified atom stereocenters. The second-order valence-electron chi connectivity index (χ2n) is 3.22. The van der Waals surface area contributed by atoms with E-state index in [1.807, 2.05) is 0 Å². The molecule has 496 valence electrons. The van der Waals surface area contributed by atoms with Crippen LogP contribution in [-0.2, 0) is 332 Å². The molecule has 16 radical (unpaired) electrons. The quantitative estimate of drug-likeness (QED) is 0.125. The Balaban J connectivity index is -0.0000000113. The molecule has 92 heavy (non-hydrogen) atoms. The first kappa shape index (κ1) is 245. The maximum atomic E-state index is 7.50. The predicted octanol–water partition coefficient (Wildman–Crippen LogP) is -5.09. The van der Waals surface area contributed by atoms with Crippen LogP contribution in [0.15, 0.2) is 0 Å². The molecule has 44 nitrogen and oxygen atoms in total. The van der Waals surface area contributed by atoms with Gasteiger partial charge in [0.1, 0.15) is 0 Å². The average Bonchev–Trinajstić information content (AvgIpc) is 3.65. The van der Waals surface area contributed by atoms with Crippen LogP contribution in [0.2, 0.25) is 0 Å². The van der Waals surface area contributed by atoms with Crippen molar-refractivity contribution in [3.8, 4) is 0 Å². The van der Waals surface area contributed by atoms with Crippen molar-refractivity contribution in [3.05, 3.63) is 213 Å². The SMILES string of the molecule is O1[Si]2O[Si]3O[Si]4O[Si]1O[Si]1O[Si](O2)O[Si](O3)O[Si](O4)O1.[C-]#[O+].[C-]#[O+].[C-]#[O+].[C-]#[O+].[C-]#[O+].[C-]#[O+].[C-]#[O+].[C-]#[O+].[C-]#[O+].[C-]#[O+].[C-]#[O+].[C-]#[O+].[C-]#[O+].[C-]#[O+].[C-]#[O+].[C-]#[O+].[C-]#[O+].[C-]#[O+].[C-]#[O+].[C-]#[O+].[C-]#[O+].[C-]#[O+].[C-]#[O+].[C-]#[O+].[C-]#[O+].[C-]#[O+].[C-]#[O+].[C-]#[O+].[C-]#[O+].[C-]#[O+].[C-]#[O+].[C-]#[O+].[Co].[Co].[Co].[Co].[Co].[Co].[Co].[Co]. The van der Waals surface area contributed by atoms with E-state index in [2.05, 4.69) is 213 Å². The molecule has 0 spiro atoms. The summed E-state index contributed by atoms with van der Waals surface area (Å²) in [5, 5.41) is 0. The fraction of sp³-hybridized carbons (Fsp3) is 0. The molecule has 0 N–H and O–H groups in total. The van der Waals surface area contributed by atoms with Gasteiger partial charge in [-0.05, 0) is 0 Å². The predicted molar refractivity (Wildman–Crippen MR) is 185 cm³/mol. The van der Waals surface area contributed by atoms with Crippen LogP contribution < -0.4 is 0 Å². The van der Waals surface area contributed by atoms with Crippen LogP contribution in [0.4, 0.5) is 0 Å². The largest absolute Gasteiger partial charge is 0 e. The molecule has 6 aliphatic heterocycles. The van der Waals surface area contributed by atoms with Crippen LogP contribution in [0.25, 0.3) is 0 Å². The summed E-state index contributed by atoms with van der Waals surface area (Å²) in [6.07, 6.45) is 0. The van der Waals surface area contributed by atoms with Gasteiger partial charge in [-0.15, -0.1) is 0 Å². The monoisotopic (exact) mass is 1780 g/mol. The Bertz CT molecular complexity index is 1230. The standard InChI is InChI=1S/32CO.8Co.O12Si8/c32*1-2;;;;;;;;;1-13-2-15-6-17-4-14(1)5-18-7-16(3-13)9-19(8-15)12-20(10-17)11-18. The topological polar surface area (TPSA) is 748 Å². The maximum Gasteiger partial charge on any atom is 0 e. The van der Waals surface area contributed by atoms with Gasteiger partial charge in [-0.2, -0.15) is 0 Å². The maximum absolute atomic E-state index is 7.50. The van der Waals surface area contributed by atoms with E-state index in [0.29, 0.717) is 0 Å². The van der Waals surface area contributed by atoms with Crippen LogP contribution in [-0.4, -0.2) is 76.2 Å². The summed E-state index contributed by atoms with van der Waals surface area (Å²) in [4.78, 5) is 0. The molecule has 0 aromatic heterocycles. The second-order valence-corrected chi connectivity index (χ2v) is 17.0. The van der Waals surface area contributed by atoms with Crippen molar-refractivity contribution in [2.75, 3.05) is 0 Å². The summed E-state index contributed by atoms with van der Waals surface area (Å²) >= 11 is 0. The summed E-state index contributed by atoms with van der Waals surface area (Å²) in [5.74, 6) is 0. The van der Waals surface area contributed by atoms with Gasteiger partial charge in [0.05, 0.1) is 0 Å². The smallest absolute Gasteiger partial charge is 0 e. The van der Waals surface area contributed by atoms with Crippen molar-refractivity contribution < 1.29 is 332 Å². The summed E-state index contributed by atoms with van der Waals surface area (Å²) < 4.78 is 307. The Morgan fingerprint density at radius 2 is 0.109 bits per heavy atom. The third-order valence-corrected chi connectivity index (χ3v) is 18.0. The van der Waals surface area contributed by atoms with Gasteiger partial charge in [0.15, 0.2) is 0 Å². The first-order chi connectivity index (χ1) is 41.8. The molecule has 0 aromatic carbocycles. The number of hydrogen-bond acceptors (Lipinski definition) is 12. The van der Waals surface area contributed by atoms with E-state index < -0.39 is 76.2 Å². The Hall–Kier alpha value is -3.01. The molecular weight excluding hydrogens is 1780 g/mol. The van der Waals surface area contributed by atoms with Gasteiger partial charge in [-0.25, -0.2) is 0 Å². The molecule has 8 bridgehead atoms. The Morgan fingerprint density at radius 3 is 0.130 bits per heavy atom. The fourth-order valence-electron chi connectivity index (χ4n) is 1.32. The van der Waals surface area contributed by atoms with Crippen molar-refractivity contribution >= 4 is 76.2 Å². The molecule has 60 heteroatoms. The summed E-state index contributed by atoms with van der Waals surface area (Å²) in [7, 11) is -17.5. The van der Waals surface area contributed by atoms with Crippen LogP contribution >= 0.6 is 0 Å². The Morgan fingerprint density at radius 1 is 0.0870 bits per heavy atom. The van der Waals surface area contributed by atoms with Crippen LogP contribution in [0.3, 0.4) is 0 Å². The van der Waals surface area contributed by atoms with Crippen molar-refractivity contribution in [2.24, 2.45) is 0 Å². The summed E-state index contributed by atoms with van der Waals surface area (Å²) in [6.45, 7) is 144. The molecule has 0 saturated carbocycles. The van der Waals surface area contributed by atoms with Gasteiger partial charge >= 0.3 is 438 Å². The van der Waals surface area contributed by atoms with Gasteiger partial charge in [-0.3, -0.25) is 0 Å². The zero-order chi connectivity index (χ0) is 77.1. The second kappa shape index (κ2) is 612. The normalized spacial score (nSPS) is 8.52. The molecular formula is C32Co8O44Si8. The average molecular weight is 1780 g/mol. The molecule has 6 heterocycles. The van der Waals surface area contributed by atoms with Crippen molar-refractivity contribution in [3.63, 3.8) is 0 Å². The first-order valence-electron chi connectivity index (χ1n) is 11.4.